The molecule has 1 amide bonds. The van der Waals surface area contributed by atoms with Gasteiger partial charge in [-0.25, -0.2) is 14.0 Å². The van der Waals surface area contributed by atoms with Crippen LogP contribution in [0, 0.1) is 5.82 Å². The molecule has 11 heteroatoms. The molecule has 32 heavy (non-hydrogen) atoms. The minimum Gasteiger partial charge on any atom is -0.486 e. The van der Waals surface area contributed by atoms with Crippen LogP contribution in [0.3, 0.4) is 0 Å². The van der Waals surface area contributed by atoms with Gasteiger partial charge in [-0.05, 0) is 42.5 Å². The molecule has 0 fully saturated rings. The van der Waals surface area contributed by atoms with E-state index >= 15 is 0 Å². The molecular formula is C21H16FN5O4S. The number of thioether (sulfide) groups is 1. The molecule has 9 nitrogen and oxygen atoms in total. The summed E-state index contributed by atoms with van der Waals surface area (Å²) < 4.78 is 25.6. The predicted molar refractivity (Wildman–Crippen MR) is 116 cm³/mol. The molecular weight excluding hydrogens is 437 g/mol. The van der Waals surface area contributed by atoms with Crippen molar-refractivity contribution in [3.05, 3.63) is 64.7 Å². The van der Waals surface area contributed by atoms with E-state index in [0.29, 0.717) is 46.8 Å². The van der Waals surface area contributed by atoms with Crippen molar-refractivity contribution in [1.82, 2.24) is 19.8 Å². The van der Waals surface area contributed by atoms with Gasteiger partial charge in [-0.3, -0.25) is 9.59 Å². The number of amides is 1. The SMILES string of the molecule is O=C(CSc1n[nH]c(=O)c2cc(-c3ccc(F)cc3)nn12)Nc1ccc2c(c1)OCCO2. The number of rotatable bonds is 5. The third-order valence-corrected chi connectivity index (χ3v) is 5.60. The highest BCUT2D eigenvalue weighted by atomic mass is 32.2. The summed E-state index contributed by atoms with van der Waals surface area (Å²) in [5, 5.41) is 14.0. The highest BCUT2D eigenvalue weighted by molar-refractivity contribution is 7.99. The van der Waals surface area contributed by atoms with Crippen LogP contribution in [0.1, 0.15) is 0 Å². The average molecular weight is 453 g/mol. The smallest absolute Gasteiger partial charge is 0.290 e. The molecule has 1 aliphatic rings. The average Bonchev–Trinajstić information content (AvgIpc) is 3.26. The molecule has 0 bridgehead atoms. The van der Waals surface area contributed by atoms with Crippen molar-refractivity contribution in [3.8, 4) is 22.8 Å². The Labute approximate surface area is 184 Å². The van der Waals surface area contributed by atoms with Crippen LogP contribution < -0.4 is 20.3 Å². The van der Waals surface area contributed by atoms with Crippen LogP contribution in [0.5, 0.6) is 11.5 Å². The van der Waals surface area contributed by atoms with E-state index in [1.54, 1.807) is 36.4 Å². The fourth-order valence-corrected chi connectivity index (χ4v) is 3.90. The summed E-state index contributed by atoms with van der Waals surface area (Å²) in [6.07, 6.45) is 0. The van der Waals surface area contributed by atoms with Crippen LogP contribution in [0.15, 0.2) is 58.5 Å². The lowest BCUT2D eigenvalue weighted by atomic mass is 10.1. The summed E-state index contributed by atoms with van der Waals surface area (Å²) in [7, 11) is 0. The molecule has 3 heterocycles. The van der Waals surface area contributed by atoms with Gasteiger partial charge < -0.3 is 14.8 Å². The molecule has 0 saturated heterocycles. The van der Waals surface area contributed by atoms with E-state index in [4.69, 9.17) is 9.47 Å². The predicted octanol–water partition coefficient (Wildman–Crippen LogP) is 2.73. The zero-order chi connectivity index (χ0) is 22.1. The number of fused-ring (bicyclic) bond motifs is 2. The fourth-order valence-electron chi connectivity index (χ4n) is 3.20. The van der Waals surface area contributed by atoms with E-state index in [9.17, 15) is 14.0 Å². The molecule has 0 spiro atoms. The Balaban J connectivity index is 1.32. The second-order valence-corrected chi connectivity index (χ2v) is 7.81. The Morgan fingerprint density at radius 1 is 1.12 bits per heavy atom. The first-order valence-electron chi connectivity index (χ1n) is 9.63. The maximum atomic E-state index is 13.2. The number of ether oxygens (including phenoxy) is 2. The second-order valence-electron chi connectivity index (χ2n) is 6.86. The van der Waals surface area contributed by atoms with E-state index in [-0.39, 0.29) is 23.0 Å². The molecule has 0 aliphatic carbocycles. The molecule has 0 atom stereocenters. The van der Waals surface area contributed by atoms with Gasteiger partial charge in [0.25, 0.3) is 5.56 Å². The number of carbonyl (C=O) groups is 1. The standard InChI is InChI=1S/C21H16FN5O4S/c22-13-3-1-12(2-4-13)15-10-16-20(29)24-25-21(27(16)26-15)32-11-19(28)23-14-5-6-17-18(9-14)31-8-7-30-17/h1-6,9-10H,7-8,11H2,(H,23,28)(H,24,29). The number of H-pyrrole nitrogens is 1. The first kappa shape index (κ1) is 20.1. The van der Waals surface area contributed by atoms with Crippen molar-refractivity contribution >= 4 is 28.9 Å². The highest BCUT2D eigenvalue weighted by Crippen LogP contribution is 2.32. The highest BCUT2D eigenvalue weighted by Gasteiger charge is 2.16. The monoisotopic (exact) mass is 453 g/mol. The Hall–Kier alpha value is -3.86. The van der Waals surface area contributed by atoms with Crippen LogP contribution in [-0.4, -0.2) is 44.7 Å². The van der Waals surface area contributed by atoms with Crippen molar-refractivity contribution in [2.24, 2.45) is 0 Å². The lowest BCUT2D eigenvalue weighted by Crippen LogP contribution is -2.18. The third-order valence-electron chi connectivity index (χ3n) is 4.67. The third kappa shape index (κ3) is 4.02. The first-order valence-corrected chi connectivity index (χ1v) is 10.6. The topological polar surface area (TPSA) is 111 Å². The van der Waals surface area contributed by atoms with Gasteiger partial charge in [0.15, 0.2) is 11.5 Å². The van der Waals surface area contributed by atoms with Crippen LogP contribution in [-0.2, 0) is 4.79 Å². The van der Waals surface area contributed by atoms with Gasteiger partial charge in [0.2, 0.25) is 11.1 Å². The largest absolute Gasteiger partial charge is 0.486 e. The van der Waals surface area contributed by atoms with E-state index in [1.165, 1.54) is 16.6 Å². The molecule has 0 unspecified atom stereocenters. The second kappa shape index (κ2) is 8.35. The number of aromatic amines is 1. The van der Waals surface area contributed by atoms with Crippen LogP contribution in [0.25, 0.3) is 16.8 Å². The normalized spacial score (nSPS) is 12.7. The van der Waals surface area contributed by atoms with Crippen molar-refractivity contribution in [2.45, 2.75) is 5.16 Å². The van der Waals surface area contributed by atoms with Crippen LogP contribution >= 0.6 is 11.8 Å². The van der Waals surface area contributed by atoms with Gasteiger partial charge in [0.05, 0.1) is 11.4 Å². The summed E-state index contributed by atoms with van der Waals surface area (Å²) >= 11 is 1.12. The van der Waals surface area contributed by atoms with Crippen molar-refractivity contribution in [3.63, 3.8) is 0 Å². The van der Waals surface area contributed by atoms with Crippen LogP contribution in [0.2, 0.25) is 0 Å². The van der Waals surface area contributed by atoms with Gasteiger partial charge in [-0.1, -0.05) is 11.8 Å². The number of hydrogen-bond donors (Lipinski definition) is 2. The number of halogens is 1. The lowest BCUT2D eigenvalue weighted by Gasteiger charge is -2.18. The number of nitrogens with one attached hydrogen (secondary N) is 2. The minimum atomic E-state index is -0.420. The molecule has 162 valence electrons. The van der Waals surface area contributed by atoms with Crippen molar-refractivity contribution < 1.29 is 18.7 Å². The maximum absolute atomic E-state index is 13.2. The number of nitrogens with zero attached hydrogens (tertiary/aromatic N) is 3. The zero-order valence-electron chi connectivity index (χ0n) is 16.5. The summed E-state index contributed by atoms with van der Waals surface area (Å²) in [4.78, 5) is 24.6. The van der Waals surface area contributed by atoms with Crippen LogP contribution in [0.4, 0.5) is 10.1 Å². The van der Waals surface area contributed by atoms with E-state index in [2.05, 4.69) is 20.6 Å². The van der Waals surface area contributed by atoms with E-state index in [1.807, 2.05) is 0 Å². The Kier molecular flexibility index (Phi) is 5.23. The number of benzene rings is 2. The summed E-state index contributed by atoms with van der Waals surface area (Å²) in [5.41, 5.74) is 1.58. The summed E-state index contributed by atoms with van der Waals surface area (Å²) in [6.45, 7) is 0.949. The van der Waals surface area contributed by atoms with Crippen molar-refractivity contribution in [2.75, 3.05) is 24.3 Å². The molecule has 0 radical (unpaired) electrons. The number of aromatic nitrogens is 4. The van der Waals surface area contributed by atoms with Gasteiger partial charge in [-0.2, -0.15) is 5.10 Å². The number of anilines is 1. The number of hydrogen-bond acceptors (Lipinski definition) is 7. The van der Waals surface area contributed by atoms with Gasteiger partial charge in [0, 0.05) is 17.3 Å². The van der Waals surface area contributed by atoms with E-state index in [0.717, 1.165) is 11.8 Å². The molecule has 4 aromatic rings. The van der Waals surface area contributed by atoms with Crippen molar-refractivity contribution in [1.29, 1.82) is 0 Å². The Morgan fingerprint density at radius 2 is 1.91 bits per heavy atom. The van der Waals surface area contributed by atoms with Gasteiger partial charge >= 0.3 is 0 Å². The molecule has 5 rings (SSSR count). The number of carbonyl (C=O) groups excluding carboxylic acids is 1. The fraction of sp³-hybridized carbons (Fsp3) is 0.143. The minimum absolute atomic E-state index is 0.0360. The molecule has 1 aliphatic heterocycles. The Bertz CT molecular complexity index is 1370. The Morgan fingerprint density at radius 3 is 2.72 bits per heavy atom. The first-order chi connectivity index (χ1) is 15.6. The maximum Gasteiger partial charge on any atom is 0.290 e. The lowest BCUT2D eigenvalue weighted by molar-refractivity contribution is -0.113. The molecule has 0 saturated carbocycles. The molecule has 2 aromatic carbocycles. The van der Waals surface area contributed by atoms with Gasteiger partial charge in [0.1, 0.15) is 24.5 Å². The molecule has 2 aromatic heterocycles. The van der Waals surface area contributed by atoms with Gasteiger partial charge in [-0.15, -0.1) is 5.10 Å². The molecule has 2 N–H and O–H groups in total. The summed E-state index contributed by atoms with van der Waals surface area (Å²) in [5.74, 6) is 0.625. The summed E-state index contributed by atoms with van der Waals surface area (Å²) in [6, 6.07) is 12.6. The quantitative estimate of drug-likeness (QED) is 0.447. The zero-order valence-corrected chi connectivity index (χ0v) is 17.3. The van der Waals surface area contributed by atoms with E-state index < -0.39 is 5.56 Å².